The van der Waals surface area contributed by atoms with Gasteiger partial charge in [-0.3, -0.25) is 0 Å². The monoisotopic (exact) mass is 359 g/mol. The summed E-state index contributed by atoms with van der Waals surface area (Å²) in [6.45, 7) is 9.52. The lowest BCUT2D eigenvalue weighted by Gasteiger charge is -2.40. The van der Waals surface area contributed by atoms with E-state index in [9.17, 15) is 20.4 Å². The van der Waals surface area contributed by atoms with E-state index >= 15 is 0 Å². The lowest BCUT2D eigenvalue weighted by molar-refractivity contribution is -0.303. The fourth-order valence-corrected chi connectivity index (χ4v) is 2.47. The molecule has 1 saturated heterocycles. The van der Waals surface area contributed by atoms with Gasteiger partial charge in [-0.1, -0.05) is 19.1 Å². The fraction of sp³-hybridized carbons (Fsp3) is 0.875. The van der Waals surface area contributed by atoms with Crippen LogP contribution in [-0.4, -0.2) is 79.3 Å². The maximum Gasteiger partial charge on any atom is 0.186 e. The second kappa shape index (κ2) is 7.26. The summed E-state index contributed by atoms with van der Waals surface area (Å²) in [5.41, 5.74) is -0.00564. The van der Waals surface area contributed by atoms with Gasteiger partial charge < -0.3 is 29.9 Å². The molecule has 0 radical (unpaired) electrons. The first kappa shape index (κ1) is 20.2. The van der Waals surface area contributed by atoms with Crippen LogP contribution in [0.1, 0.15) is 40.3 Å². The Kier molecular flexibility index (Phi) is 5.87. The molecule has 0 bridgehead atoms. The smallest absolute Gasteiger partial charge is 0.186 e. The van der Waals surface area contributed by atoms with Crippen LogP contribution in [-0.2, 0) is 20.4 Å². The molecule has 1 fully saturated rings. The molecular weight excluding hydrogens is 330 g/mol. The first-order valence-electron chi connectivity index (χ1n) is 8.33. The number of hydrogen-bond donors (Lipinski definition) is 4. The van der Waals surface area contributed by atoms with Crippen LogP contribution in [0, 0.1) is 0 Å². The molecule has 0 amide bonds. The highest BCUT2D eigenvalue weighted by molar-refractivity contribution is 5.09. The number of aliphatic hydroxyl groups excluding tert-OH is 4. The largest absolute Gasteiger partial charge is 0.394 e. The normalized spacial score (nSPS) is 31.3. The second-order valence-electron chi connectivity index (χ2n) is 8.11. The first-order valence-corrected chi connectivity index (χ1v) is 8.33. The number of ether oxygens (including phenoxy) is 2. The van der Waals surface area contributed by atoms with E-state index in [0.717, 1.165) is 0 Å². The predicted octanol–water partition coefficient (Wildman–Crippen LogP) is -0.873. The van der Waals surface area contributed by atoms with E-state index < -0.39 is 42.7 Å². The van der Waals surface area contributed by atoms with E-state index in [1.165, 1.54) is 0 Å². The first-order chi connectivity index (χ1) is 11.5. The minimum Gasteiger partial charge on any atom is -0.394 e. The van der Waals surface area contributed by atoms with Crippen LogP contribution in [0.25, 0.3) is 0 Å². The summed E-state index contributed by atoms with van der Waals surface area (Å²) in [5, 5.41) is 47.2. The molecule has 2 heterocycles. The van der Waals surface area contributed by atoms with Crippen LogP contribution in [0.2, 0.25) is 0 Å². The number of rotatable bonds is 5. The molecule has 1 aromatic rings. The van der Waals surface area contributed by atoms with Gasteiger partial charge in [0, 0.05) is 11.6 Å². The zero-order chi connectivity index (χ0) is 19.0. The summed E-state index contributed by atoms with van der Waals surface area (Å²) in [5.74, 6) is 0. The van der Waals surface area contributed by atoms with Crippen molar-refractivity contribution in [2.75, 3.05) is 13.2 Å². The highest BCUT2D eigenvalue weighted by Crippen LogP contribution is 2.27. The van der Waals surface area contributed by atoms with E-state index in [4.69, 9.17) is 9.47 Å². The Labute approximate surface area is 147 Å². The van der Waals surface area contributed by atoms with E-state index in [0.29, 0.717) is 5.69 Å². The topological polar surface area (TPSA) is 130 Å². The number of aromatic nitrogens is 3. The quantitative estimate of drug-likeness (QED) is 0.534. The maximum absolute atomic E-state index is 10.0. The Morgan fingerprint density at radius 3 is 2.28 bits per heavy atom. The van der Waals surface area contributed by atoms with Crippen molar-refractivity contribution in [3.8, 4) is 0 Å². The highest BCUT2D eigenvalue weighted by atomic mass is 16.7. The molecule has 1 aliphatic heterocycles. The van der Waals surface area contributed by atoms with Crippen LogP contribution < -0.4 is 0 Å². The summed E-state index contributed by atoms with van der Waals surface area (Å²) < 4.78 is 12.7. The average molecular weight is 359 g/mol. The van der Waals surface area contributed by atoms with E-state index in [1.807, 2.05) is 40.8 Å². The zero-order valence-corrected chi connectivity index (χ0v) is 15.3. The molecule has 1 aromatic heterocycles. The van der Waals surface area contributed by atoms with Crippen molar-refractivity contribution in [1.29, 1.82) is 0 Å². The lowest BCUT2D eigenvalue weighted by atomic mass is 9.91. The van der Waals surface area contributed by atoms with Gasteiger partial charge in [0.15, 0.2) is 6.29 Å². The van der Waals surface area contributed by atoms with Crippen molar-refractivity contribution in [2.45, 2.75) is 76.3 Å². The Bertz CT molecular complexity index is 568. The van der Waals surface area contributed by atoms with E-state index in [1.54, 1.807) is 4.68 Å². The van der Waals surface area contributed by atoms with Gasteiger partial charge in [0.05, 0.1) is 24.4 Å². The SMILES string of the molecule is CC(C)(CO[C@@H]1O[C@H](CO)[C@H](O)[C@H](O)[C@H]1O)c1cn(C(C)(C)C)nn1. The molecule has 25 heavy (non-hydrogen) atoms. The van der Waals surface area contributed by atoms with Gasteiger partial charge in [-0.2, -0.15) is 0 Å². The molecule has 0 saturated carbocycles. The van der Waals surface area contributed by atoms with Crippen molar-refractivity contribution in [3.05, 3.63) is 11.9 Å². The van der Waals surface area contributed by atoms with Crippen molar-refractivity contribution >= 4 is 0 Å². The molecule has 0 aromatic carbocycles. The van der Waals surface area contributed by atoms with Crippen molar-refractivity contribution in [1.82, 2.24) is 15.0 Å². The summed E-state index contributed by atoms with van der Waals surface area (Å²) in [6.07, 6.45) is -4.59. The third-order valence-electron chi connectivity index (χ3n) is 4.33. The van der Waals surface area contributed by atoms with E-state index in [-0.39, 0.29) is 12.1 Å². The van der Waals surface area contributed by atoms with Crippen molar-refractivity contribution < 1.29 is 29.9 Å². The summed E-state index contributed by atoms with van der Waals surface area (Å²) in [7, 11) is 0. The molecule has 4 N–H and O–H groups in total. The summed E-state index contributed by atoms with van der Waals surface area (Å²) in [6, 6.07) is 0. The second-order valence-corrected chi connectivity index (χ2v) is 8.11. The Hall–Kier alpha value is -1.10. The maximum atomic E-state index is 10.0. The highest BCUT2D eigenvalue weighted by Gasteiger charge is 2.44. The zero-order valence-electron chi connectivity index (χ0n) is 15.3. The molecule has 1 aliphatic rings. The molecule has 9 nitrogen and oxygen atoms in total. The van der Waals surface area contributed by atoms with Gasteiger partial charge in [0.2, 0.25) is 0 Å². The van der Waals surface area contributed by atoms with Gasteiger partial charge in [0.25, 0.3) is 0 Å². The molecule has 5 atom stereocenters. The van der Waals surface area contributed by atoms with Crippen LogP contribution in [0.3, 0.4) is 0 Å². The van der Waals surface area contributed by atoms with Crippen molar-refractivity contribution in [2.24, 2.45) is 0 Å². The molecule has 0 aliphatic carbocycles. The van der Waals surface area contributed by atoms with Gasteiger partial charge in [-0.05, 0) is 20.8 Å². The predicted molar refractivity (Wildman–Crippen MR) is 87.8 cm³/mol. The molecule has 144 valence electrons. The number of hydrogen-bond acceptors (Lipinski definition) is 8. The molecule has 0 spiro atoms. The average Bonchev–Trinajstić information content (AvgIpc) is 3.03. The third-order valence-corrected chi connectivity index (χ3v) is 4.33. The number of nitrogens with zero attached hydrogens (tertiary/aromatic N) is 3. The van der Waals surface area contributed by atoms with Crippen molar-refractivity contribution in [3.63, 3.8) is 0 Å². The van der Waals surface area contributed by atoms with Gasteiger partial charge in [-0.25, -0.2) is 4.68 Å². The van der Waals surface area contributed by atoms with Gasteiger partial charge in [0.1, 0.15) is 24.4 Å². The van der Waals surface area contributed by atoms with Gasteiger partial charge in [-0.15, -0.1) is 5.10 Å². The Morgan fingerprint density at radius 2 is 1.76 bits per heavy atom. The Morgan fingerprint density at radius 1 is 1.12 bits per heavy atom. The van der Waals surface area contributed by atoms with Crippen LogP contribution in [0.5, 0.6) is 0 Å². The van der Waals surface area contributed by atoms with Crippen LogP contribution in [0.4, 0.5) is 0 Å². The minimum atomic E-state index is -1.46. The lowest BCUT2D eigenvalue weighted by Crippen LogP contribution is -2.59. The minimum absolute atomic E-state index is 0.137. The molecular formula is C16H29N3O6. The summed E-state index contributed by atoms with van der Waals surface area (Å²) in [4.78, 5) is 0. The van der Waals surface area contributed by atoms with Crippen LogP contribution in [0.15, 0.2) is 6.20 Å². The van der Waals surface area contributed by atoms with Crippen LogP contribution >= 0.6 is 0 Å². The third kappa shape index (κ3) is 4.36. The molecule has 0 unspecified atom stereocenters. The van der Waals surface area contributed by atoms with Gasteiger partial charge >= 0.3 is 0 Å². The van der Waals surface area contributed by atoms with E-state index in [2.05, 4.69) is 10.3 Å². The fourth-order valence-electron chi connectivity index (χ4n) is 2.47. The Balaban J connectivity index is 2.04. The molecule has 2 rings (SSSR count). The molecule has 9 heteroatoms. The standard InChI is InChI=1S/C16H29N3O6/c1-15(2,3)19-6-10(17-18-19)16(4,5)8-24-14-13(23)12(22)11(21)9(7-20)25-14/h6,9,11-14,20-23H,7-8H2,1-5H3/t9-,11+,12+,13-,14-/m1/s1. The summed E-state index contributed by atoms with van der Waals surface area (Å²) >= 11 is 0. The number of aliphatic hydroxyl groups is 4.